The van der Waals surface area contributed by atoms with E-state index in [0.29, 0.717) is 10.5 Å². The van der Waals surface area contributed by atoms with E-state index in [1.165, 1.54) is 0 Å². The zero-order valence-corrected chi connectivity index (χ0v) is 12.2. The minimum absolute atomic E-state index is 0.194. The van der Waals surface area contributed by atoms with Crippen LogP contribution in [0.15, 0.2) is 75.2 Å². The lowest BCUT2D eigenvalue weighted by Crippen LogP contribution is -2.16. The zero-order valence-electron chi connectivity index (χ0n) is 11.4. The van der Waals surface area contributed by atoms with E-state index in [0.717, 1.165) is 0 Å². The fourth-order valence-corrected chi connectivity index (χ4v) is 3.18. The summed E-state index contributed by atoms with van der Waals surface area (Å²) in [7, 11) is -1.79. The highest BCUT2D eigenvalue weighted by atomic mass is 32.2. The van der Waals surface area contributed by atoms with Crippen molar-refractivity contribution in [1.29, 1.82) is 0 Å². The summed E-state index contributed by atoms with van der Waals surface area (Å²) in [4.78, 5) is 12.2. The number of rotatable bonds is 3. The number of H-pyrrole nitrogens is 1. The van der Waals surface area contributed by atoms with Crippen molar-refractivity contribution < 1.29 is 9.32 Å². The molecule has 0 bridgehead atoms. The highest BCUT2D eigenvalue weighted by Crippen LogP contribution is 2.30. The van der Waals surface area contributed by atoms with Crippen molar-refractivity contribution in [2.24, 2.45) is 0 Å². The van der Waals surface area contributed by atoms with Crippen LogP contribution in [-0.2, 0) is 10.8 Å². The van der Waals surface area contributed by atoms with Crippen LogP contribution in [-0.4, -0.2) is 19.5 Å². The van der Waals surface area contributed by atoms with E-state index >= 15 is 0 Å². The highest BCUT2D eigenvalue weighted by molar-refractivity contribution is 7.85. The average Bonchev–Trinajstić information content (AvgIpc) is 2.56. The van der Waals surface area contributed by atoms with Crippen LogP contribution in [0.3, 0.4) is 0 Å². The molecule has 110 valence electrons. The van der Waals surface area contributed by atoms with Gasteiger partial charge in [-0.05, 0) is 12.1 Å². The van der Waals surface area contributed by atoms with Gasteiger partial charge >= 0.3 is 0 Å². The van der Waals surface area contributed by atoms with Gasteiger partial charge in [-0.1, -0.05) is 48.5 Å². The molecule has 22 heavy (non-hydrogen) atoms. The van der Waals surface area contributed by atoms with Crippen LogP contribution in [0.25, 0.3) is 11.3 Å². The quantitative estimate of drug-likeness (QED) is 0.777. The van der Waals surface area contributed by atoms with Gasteiger partial charge in [-0.2, -0.15) is 5.10 Å². The number of benzene rings is 2. The Hall–Kier alpha value is -2.73. The Balaban J connectivity index is 2.17. The standard InChI is InChI=1S/C16H12N2O3S/c19-14-13(11-7-3-1-4-8-11)17-18-16(20)15(14)22(21)12-9-5-2-6-10-12/h1-10H,(H2,18,19,20). The molecule has 3 aromatic rings. The maximum absolute atomic E-state index is 12.6. The van der Waals surface area contributed by atoms with E-state index in [4.69, 9.17) is 0 Å². The van der Waals surface area contributed by atoms with Crippen LogP contribution in [0.4, 0.5) is 0 Å². The predicted octanol–water partition coefficient (Wildman–Crippen LogP) is 2.31. The largest absolute Gasteiger partial charge is 0.504 e. The molecule has 0 aliphatic carbocycles. The SMILES string of the molecule is O=c1[nH]nc(-c2ccccc2)c(O)c1S(=O)c1ccccc1. The molecular weight excluding hydrogens is 300 g/mol. The molecule has 1 aromatic heterocycles. The number of aromatic nitrogens is 2. The Morgan fingerprint density at radius 1 is 0.955 bits per heavy atom. The number of aromatic hydroxyl groups is 1. The summed E-state index contributed by atoms with van der Waals surface area (Å²) in [5.41, 5.74) is 0.154. The Kier molecular flexibility index (Phi) is 3.84. The van der Waals surface area contributed by atoms with Crippen LogP contribution < -0.4 is 5.56 Å². The van der Waals surface area contributed by atoms with Crippen molar-refractivity contribution in [3.63, 3.8) is 0 Å². The number of hydrogen-bond acceptors (Lipinski definition) is 4. The smallest absolute Gasteiger partial charge is 0.284 e. The molecule has 1 unspecified atom stereocenters. The van der Waals surface area contributed by atoms with E-state index in [9.17, 15) is 14.1 Å². The van der Waals surface area contributed by atoms with Gasteiger partial charge in [0.05, 0.1) is 10.8 Å². The van der Waals surface area contributed by atoms with Crippen LogP contribution in [0.2, 0.25) is 0 Å². The number of nitrogens with zero attached hydrogens (tertiary/aromatic N) is 1. The normalized spacial score (nSPS) is 12.0. The molecule has 0 radical (unpaired) electrons. The number of aromatic amines is 1. The first-order valence-corrected chi connectivity index (χ1v) is 7.67. The molecule has 0 fully saturated rings. The highest BCUT2D eigenvalue weighted by Gasteiger charge is 2.21. The van der Waals surface area contributed by atoms with Crippen molar-refractivity contribution in [2.75, 3.05) is 0 Å². The first kappa shape index (κ1) is 14.2. The van der Waals surface area contributed by atoms with Crippen molar-refractivity contribution >= 4 is 10.8 Å². The van der Waals surface area contributed by atoms with E-state index < -0.39 is 16.4 Å². The van der Waals surface area contributed by atoms with Gasteiger partial charge in [0, 0.05) is 10.5 Å². The van der Waals surface area contributed by atoms with E-state index in [-0.39, 0.29) is 16.3 Å². The van der Waals surface area contributed by atoms with Crippen molar-refractivity contribution in [2.45, 2.75) is 9.79 Å². The fourth-order valence-electron chi connectivity index (χ4n) is 2.06. The minimum Gasteiger partial charge on any atom is -0.504 e. The van der Waals surface area contributed by atoms with Crippen LogP contribution >= 0.6 is 0 Å². The zero-order chi connectivity index (χ0) is 15.5. The van der Waals surface area contributed by atoms with Crippen LogP contribution in [0.5, 0.6) is 5.75 Å². The van der Waals surface area contributed by atoms with E-state index in [2.05, 4.69) is 10.2 Å². The topological polar surface area (TPSA) is 83.1 Å². The molecule has 3 rings (SSSR count). The van der Waals surface area contributed by atoms with Gasteiger partial charge in [-0.15, -0.1) is 0 Å². The summed E-state index contributed by atoms with van der Waals surface area (Å²) in [6.45, 7) is 0. The van der Waals surface area contributed by atoms with Crippen LogP contribution in [0, 0.1) is 0 Å². The van der Waals surface area contributed by atoms with Gasteiger partial charge in [0.1, 0.15) is 5.69 Å². The lowest BCUT2D eigenvalue weighted by Gasteiger charge is -2.08. The molecule has 0 amide bonds. The first-order chi connectivity index (χ1) is 10.7. The summed E-state index contributed by atoms with van der Waals surface area (Å²) in [6, 6.07) is 17.4. The van der Waals surface area contributed by atoms with Crippen LogP contribution in [0.1, 0.15) is 0 Å². The molecule has 5 nitrogen and oxygen atoms in total. The molecule has 2 N–H and O–H groups in total. The molecule has 1 atom stereocenters. The molecule has 1 heterocycles. The number of nitrogens with one attached hydrogen (secondary N) is 1. The van der Waals surface area contributed by atoms with Gasteiger partial charge in [0.25, 0.3) is 5.56 Å². The predicted molar refractivity (Wildman–Crippen MR) is 83.1 cm³/mol. The molecule has 0 aliphatic rings. The van der Waals surface area contributed by atoms with Gasteiger partial charge < -0.3 is 5.11 Å². The Labute approximate surface area is 128 Å². The minimum atomic E-state index is -1.79. The fraction of sp³-hybridized carbons (Fsp3) is 0. The number of hydrogen-bond donors (Lipinski definition) is 2. The van der Waals surface area contributed by atoms with Gasteiger partial charge in [0.2, 0.25) is 0 Å². The Morgan fingerprint density at radius 3 is 2.18 bits per heavy atom. The molecule has 0 aliphatic heterocycles. The molecule has 2 aromatic carbocycles. The van der Waals surface area contributed by atoms with E-state index in [1.807, 2.05) is 6.07 Å². The average molecular weight is 312 g/mol. The summed E-state index contributed by atoms with van der Waals surface area (Å²) in [6.07, 6.45) is 0. The second kappa shape index (κ2) is 5.95. The third kappa shape index (κ3) is 2.56. The lowest BCUT2D eigenvalue weighted by atomic mass is 10.1. The lowest BCUT2D eigenvalue weighted by molar-refractivity contribution is 0.456. The molecular formula is C16H12N2O3S. The molecule has 0 saturated heterocycles. The van der Waals surface area contributed by atoms with E-state index in [1.54, 1.807) is 54.6 Å². The van der Waals surface area contributed by atoms with Crippen molar-refractivity contribution in [3.8, 4) is 17.0 Å². The third-order valence-electron chi connectivity index (χ3n) is 3.10. The second-order valence-corrected chi connectivity index (χ2v) is 5.94. The molecule has 6 heteroatoms. The van der Waals surface area contributed by atoms with Gasteiger partial charge in [0.15, 0.2) is 10.6 Å². The van der Waals surface area contributed by atoms with Crippen molar-refractivity contribution in [3.05, 3.63) is 71.0 Å². The monoisotopic (exact) mass is 312 g/mol. The summed E-state index contributed by atoms with van der Waals surface area (Å²) in [5, 5.41) is 16.5. The van der Waals surface area contributed by atoms with Gasteiger partial charge in [-0.3, -0.25) is 4.79 Å². The van der Waals surface area contributed by atoms with Crippen molar-refractivity contribution in [1.82, 2.24) is 10.2 Å². The molecule has 0 saturated carbocycles. The maximum Gasteiger partial charge on any atom is 0.284 e. The summed E-state index contributed by atoms with van der Waals surface area (Å²) < 4.78 is 12.6. The Morgan fingerprint density at radius 2 is 1.55 bits per heavy atom. The third-order valence-corrected chi connectivity index (χ3v) is 4.55. The summed E-state index contributed by atoms with van der Waals surface area (Å²) >= 11 is 0. The molecule has 0 spiro atoms. The first-order valence-electron chi connectivity index (χ1n) is 6.52. The summed E-state index contributed by atoms with van der Waals surface area (Å²) in [5.74, 6) is -0.364. The second-order valence-electron chi connectivity index (χ2n) is 4.53. The maximum atomic E-state index is 12.6. The Bertz CT molecular complexity index is 877. The van der Waals surface area contributed by atoms with Gasteiger partial charge in [-0.25, -0.2) is 9.31 Å².